The number of hydrogen-bond acceptors (Lipinski definition) is 3. The summed E-state index contributed by atoms with van der Waals surface area (Å²) in [5, 5.41) is 3.29. The molecule has 17 heavy (non-hydrogen) atoms. The first-order valence-electron chi connectivity index (χ1n) is 6.38. The van der Waals surface area contributed by atoms with Gasteiger partial charge in [0.15, 0.2) is 0 Å². The summed E-state index contributed by atoms with van der Waals surface area (Å²) >= 11 is 0. The molecule has 0 aromatic carbocycles. The fourth-order valence-electron chi connectivity index (χ4n) is 2.60. The Labute approximate surface area is 103 Å². The molecule has 0 aromatic rings. The summed E-state index contributed by atoms with van der Waals surface area (Å²) in [5.41, 5.74) is 1.31. The monoisotopic (exact) mass is 238 g/mol. The number of amides is 1. The van der Waals surface area contributed by atoms with Gasteiger partial charge < -0.3 is 15.0 Å². The van der Waals surface area contributed by atoms with E-state index in [0.717, 1.165) is 32.6 Å². The van der Waals surface area contributed by atoms with Gasteiger partial charge in [0.1, 0.15) is 0 Å². The van der Waals surface area contributed by atoms with E-state index in [1.165, 1.54) is 5.57 Å². The second kappa shape index (κ2) is 5.65. The van der Waals surface area contributed by atoms with Crippen molar-refractivity contribution in [1.82, 2.24) is 10.2 Å². The molecule has 0 bridgehead atoms. The van der Waals surface area contributed by atoms with Crippen molar-refractivity contribution < 1.29 is 9.53 Å². The number of methoxy groups -OCH3 is 1. The number of nitrogens with zero attached hydrogens (tertiary/aromatic N) is 1. The van der Waals surface area contributed by atoms with Crippen LogP contribution in [0.2, 0.25) is 0 Å². The predicted molar refractivity (Wildman–Crippen MR) is 66.7 cm³/mol. The van der Waals surface area contributed by atoms with Crippen LogP contribution in [0.4, 0.5) is 0 Å². The normalized spacial score (nSPS) is 29.3. The minimum atomic E-state index is 0.173. The molecule has 0 aromatic heterocycles. The van der Waals surface area contributed by atoms with E-state index in [4.69, 9.17) is 4.74 Å². The van der Waals surface area contributed by atoms with Gasteiger partial charge in [0.05, 0.1) is 12.5 Å². The molecule has 1 N–H and O–H groups in total. The van der Waals surface area contributed by atoms with Crippen LogP contribution in [-0.4, -0.2) is 50.7 Å². The maximum Gasteiger partial charge on any atom is 0.227 e. The Hall–Kier alpha value is -0.870. The lowest BCUT2D eigenvalue weighted by Gasteiger charge is -2.29. The van der Waals surface area contributed by atoms with Crippen molar-refractivity contribution in [2.75, 3.05) is 39.9 Å². The predicted octanol–water partition coefficient (Wildman–Crippen LogP) is 0.647. The maximum absolute atomic E-state index is 12.3. The Morgan fingerprint density at radius 3 is 2.94 bits per heavy atom. The molecule has 2 aliphatic rings. The van der Waals surface area contributed by atoms with Crippen LogP contribution in [-0.2, 0) is 9.53 Å². The second-order valence-electron chi connectivity index (χ2n) is 5.07. The lowest BCUT2D eigenvalue weighted by molar-refractivity contribution is -0.135. The van der Waals surface area contributed by atoms with Crippen molar-refractivity contribution in [2.45, 2.75) is 13.3 Å². The molecule has 0 spiro atoms. The van der Waals surface area contributed by atoms with Gasteiger partial charge in [-0.2, -0.15) is 0 Å². The molecule has 1 fully saturated rings. The average Bonchev–Trinajstić information content (AvgIpc) is 2.76. The van der Waals surface area contributed by atoms with Crippen LogP contribution in [0.5, 0.6) is 0 Å². The molecule has 2 aliphatic heterocycles. The van der Waals surface area contributed by atoms with Crippen LogP contribution in [0.25, 0.3) is 0 Å². The summed E-state index contributed by atoms with van der Waals surface area (Å²) in [6, 6.07) is 0. The highest BCUT2D eigenvalue weighted by molar-refractivity contribution is 5.80. The molecule has 1 saturated heterocycles. The summed E-state index contributed by atoms with van der Waals surface area (Å²) < 4.78 is 5.11. The Bertz CT molecular complexity index is 315. The summed E-state index contributed by atoms with van der Waals surface area (Å²) in [6.07, 6.45) is 3.09. The molecular weight excluding hydrogens is 216 g/mol. The van der Waals surface area contributed by atoms with Crippen molar-refractivity contribution >= 4 is 5.91 Å². The molecule has 4 heteroatoms. The number of nitrogens with one attached hydrogen (secondary N) is 1. The van der Waals surface area contributed by atoms with E-state index in [1.807, 2.05) is 4.90 Å². The minimum absolute atomic E-state index is 0.173. The fraction of sp³-hybridized carbons (Fsp3) is 0.769. The zero-order valence-electron chi connectivity index (χ0n) is 10.7. The van der Waals surface area contributed by atoms with Gasteiger partial charge >= 0.3 is 0 Å². The standard InChI is InChI=1S/C13H22N2O2/c1-10-7-14-8-12(10)13(16)15-5-3-11(4-6-15)9-17-2/h3,10,12,14H,4-9H2,1-2H3/t10-,12-/m1/s1. The van der Waals surface area contributed by atoms with E-state index in [-0.39, 0.29) is 5.92 Å². The highest BCUT2D eigenvalue weighted by Gasteiger charge is 2.32. The quantitative estimate of drug-likeness (QED) is 0.734. The number of hydrogen-bond donors (Lipinski definition) is 1. The number of rotatable bonds is 3. The molecule has 0 aliphatic carbocycles. The van der Waals surface area contributed by atoms with Crippen LogP contribution in [0.3, 0.4) is 0 Å². The van der Waals surface area contributed by atoms with Crippen LogP contribution in [0, 0.1) is 11.8 Å². The van der Waals surface area contributed by atoms with Crippen molar-refractivity contribution in [1.29, 1.82) is 0 Å². The SMILES string of the molecule is COCC1=CCN(C(=O)[C@@H]2CNC[C@H]2C)CC1. The number of carbonyl (C=O) groups excluding carboxylic acids is 1. The zero-order valence-corrected chi connectivity index (χ0v) is 10.7. The van der Waals surface area contributed by atoms with Gasteiger partial charge in [-0.15, -0.1) is 0 Å². The summed E-state index contributed by atoms with van der Waals surface area (Å²) in [7, 11) is 1.71. The molecule has 1 amide bonds. The topological polar surface area (TPSA) is 41.6 Å². The van der Waals surface area contributed by atoms with Crippen LogP contribution in [0.1, 0.15) is 13.3 Å². The first-order valence-corrected chi connectivity index (χ1v) is 6.38. The van der Waals surface area contributed by atoms with Crippen LogP contribution in [0.15, 0.2) is 11.6 Å². The van der Waals surface area contributed by atoms with E-state index in [1.54, 1.807) is 7.11 Å². The third-order valence-electron chi connectivity index (χ3n) is 3.78. The molecule has 4 nitrogen and oxygen atoms in total. The van der Waals surface area contributed by atoms with E-state index in [2.05, 4.69) is 18.3 Å². The Morgan fingerprint density at radius 1 is 1.59 bits per heavy atom. The van der Waals surface area contributed by atoms with E-state index >= 15 is 0 Å². The van der Waals surface area contributed by atoms with Crippen molar-refractivity contribution in [3.05, 3.63) is 11.6 Å². The average molecular weight is 238 g/mol. The maximum atomic E-state index is 12.3. The number of carbonyl (C=O) groups is 1. The van der Waals surface area contributed by atoms with Gasteiger partial charge in [-0.1, -0.05) is 13.0 Å². The smallest absolute Gasteiger partial charge is 0.227 e. The first kappa shape index (κ1) is 12.6. The van der Waals surface area contributed by atoms with Crippen LogP contribution >= 0.6 is 0 Å². The lowest BCUT2D eigenvalue weighted by Crippen LogP contribution is -2.41. The lowest BCUT2D eigenvalue weighted by atomic mass is 9.95. The summed E-state index contributed by atoms with van der Waals surface area (Å²) in [5.74, 6) is 0.953. The Morgan fingerprint density at radius 2 is 2.41 bits per heavy atom. The van der Waals surface area contributed by atoms with E-state index in [9.17, 15) is 4.79 Å². The molecule has 0 unspecified atom stereocenters. The molecule has 2 rings (SSSR count). The Kier molecular flexibility index (Phi) is 4.18. The van der Waals surface area contributed by atoms with E-state index in [0.29, 0.717) is 18.4 Å². The third kappa shape index (κ3) is 2.87. The molecule has 2 atom stereocenters. The minimum Gasteiger partial charge on any atom is -0.380 e. The molecule has 96 valence electrons. The Balaban J connectivity index is 1.90. The van der Waals surface area contributed by atoms with Crippen molar-refractivity contribution in [3.63, 3.8) is 0 Å². The third-order valence-corrected chi connectivity index (χ3v) is 3.78. The zero-order chi connectivity index (χ0) is 12.3. The highest BCUT2D eigenvalue weighted by atomic mass is 16.5. The van der Waals surface area contributed by atoms with Gasteiger partial charge in [-0.05, 0) is 24.5 Å². The van der Waals surface area contributed by atoms with Gasteiger partial charge in [-0.25, -0.2) is 0 Å². The van der Waals surface area contributed by atoms with Gasteiger partial charge in [0.2, 0.25) is 5.91 Å². The molecule has 0 radical (unpaired) electrons. The van der Waals surface area contributed by atoms with Gasteiger partial charge in [0, 0.05) is 26.7 Å². The number of ether oxygens (including phenoxy) is 1. The van der Waals surface area contributed by atoms with Crippen LogP contribution < -0.4 is 5.32 Å². The fourth-order valence-corrected chi connectivity index (χ4v) is 2.60. The van der Waals surface area contributed by atoms with Crippen molar-refractivity contribution in [2.24, 2.45) is 11.8 Å². The molecular formula is C13H22N2O2. The summed E-state index contributed by atoms with van der Waals surface area (Å²) in [6.45, 7) is 6.25. The molecule has 2 heterocycles. The summed E-state index contributed by atoms with van der Waals surface area (Å²) in [4.78, 5) is 14.3. The first-order chi connectivity index (χ1) is 8.22. The van der Waals surface area contributed by atoms with Crippen molar-refractivity contribution in [3.8, 4) is 0 Å². The second-order valence-corrected chi connectivity index (χ2v) is 5.07. The molecule has 0 saturated carbocycles. The van der Waals surface area contributed by atoms with Gasteiger partial charge in [0.25, 0.3) is 0 Å². The largest absolute Gasteiger partial charge is 0.380 e. The van der Waals surface area contributed by atoms with E-state index < -0.39 is 0 Å². The highest BCUT2D eigenvalue weighted by Crippen LogP contribution is 2.21. The van der Waals surface area contributed by atoms with Gasteiger partial charge in [-0.3, -0.25) is 4.79 Å².